The SMILES string of the molecule is COc1ccc(C(=O)N(C)Cc2ccncc2)cc1S(=O)(=O)N1CCCCC1C. The lowest BCUT2D eigenvalue weighted by Gasteiger charge is -2.32. The average molecular weight is 418 g/mol. The van der Waals surface area contributed by atoms with Crippen LogP contribution in [0.2, 0.25) is 0 Å². The Balaban J connectivity index is 1.91. The van der Waals surface area contributed by atoms with Gasteiger partial charge < -0.3 is 9.64 Å². The minimum atomic E-state index is -3.77. The number of aromatic nitrogens is 1. The third-order valence-corrected chi connectivity index (χ3v) is 7.29. The molecule has 1 aromatic carbocycles. The van der Waals surface area contributed by atoms with E-state index in [9.17, 15) is 13.2 Å². The maximum absolute atomic E-state index is 13.3. The summed E-state index contributed by atoms with van der Waals surface area (Å²) in [5.74, 6) is -0.0104. The highest BCUT2D eigenvalue weighted by atomic mass is 32.2. The number of methoxy groups -OCH3 is 1. The Labute approximate surface area is 172 Å². The maximum atomic E-state index is 13.3. The number of hydrogen-bond acceptors (Lipinski definition) is 5. The molecule has 8 heteroatoms. The van der Waals surface area contributed by atoms with Gasteiger partial charge in [-0.25, -0.2) is 8.42 Å². The highest BCUT2D eigenvalue weighted by Gasteiger charge is 2.33. The van der Waals surface area contributed by atoms with Crippen molar-refractivity contribution in [1.29, 1.82) is 0 Å². The van der Waals surface area contributed by atoms with E-state index in [0.717, 1.165) is 24.8 Å². The lowest BCUT2D eigenvalue weighted by molar-refractivity contribution is 0.0784. The summed E-state index contributed by atoms with van der Waals surface area (Å²) in [6, 6.07) is 8.18. The monoisotopic (exact) mass is 417 g/mol. The van der Waals surface area contributed by atoms with E-state index in [-0.39, 0.29) is 22.6 Å². The van der Waals surface area contributed by atoms with Crippen LogP contribution in [0.3, 0.4) is 0 Å². The van der Waals surface area contributed by atoms with E-state index in [1.165, 1.54) is 17.5 Å². The number of benzene rings is 1. The van der Waals surface area contributed by atoms with Crippen LogP contribution in [0.15, 0.2) is 47.6 Å². The molecule has 2 heterocycles. The first-order valence-corrected chi connectivity index (χ1v) is 11.1. The summed E-state index contributed by atoms with van der Waals surface area (Å²) in [5.41, 5.74) is 1.25. The largest absolute Gasteiger partial charge is 0.495 e. The van der Waals surface area contributed by atoms with Crippen molar-refractivity contribution >= 4 is 15.9 Å². The standard InChI is InChI=1S/C21H27N3O4S/c1-16-6-4-5-13-24(16)29(26,27)20-14-18(7-8-19(20)28-3)21(25)23(2)15-17-9-11-22-12-10-17/h7-12,14,16H,4-6,13,15H2,1-3H3. The van der Waals surface area contributed by atoms with Gasteiger partial charge in [-0.2, -0.15) is 4.31 Å². The molecule has 0 aliphatic carbocycles. The molecule has 1 aliphatic rings. The van der Waals surface area contributed by atoms with Gasteiger partial charge in [0.2, 0.25) is 10.0 Å². The predicted molar refractivity (Wildman–Crippen MR) is 110 cm³/mol. The molecule has 1 atom stereocenters. The van der Waals surface area contributed by atoms with Gasteiger partial charge in [0.1, 0.15) is 10.6 Å². The van der Waals surface area contributed by atoms with E-state index in [0.29, 0.717) is 18.7 Å². The van der Waals surface area contributed by atoms with Gasteiger partial charge in [-0.05, 0) is 55.7 Å². The van der Waals surface area contributed by atoms with Crippen LogP contribution in [0, 0.1) is 0 Å². The van der Waals surface area contributed by atoms with Crippen molar-refractivity contribution in [3.05, 3.63) is 53.9 Å². The normalized spacial score (nSPS) is 17.7. The summed E-state index contributed by atoms with van der Waals surface area (Å²) >= 11 is 0. The van der Waals surface area contributed by atoms with Crippen LogP contribution in [0.4, 0.5) is 0 Å². The molecule has 1 aromatic heterocycles. The van der Waals surface area contributed by atoms with E-state index in [1.807, 2.05) is 19.1 Å². The number of carbonyl (C=O) groups excluding carboxylic acids is 1. The Morgan fingerprint density at radius 2 is 1.97 bits per heavy atom. The number of nitrogens with zero attached hydrogens (tertiary/aromatic N) is 3. The molecule has 0 saturated carbocycles. The number of hydrogen-bond donors (Lipinski definition) is 0. The van der Waals surface area contributed by atoms with Gasteiger partial charge in [0, 0.05) is 44.1 Å². The van der Waals surface area contributed by atoms with Crippen molar-refractivity contribution < 1.29 is 17.9 Å². The van der Waals surface area contributed by atoms with Crippen LogP contribution in [0.25, 0.3) is 0 Å². The smallest absolute Gasteiger partial charge is 0.253 e. The second-order valence-electron chi connectivity index (χ2n) is 7.34. The molecule has 0 N–H and O–H groups in total. The molecule has 7 nitrogen and oxygen atoms in total. The first-order valence-electron chi connectivity index (χ1n) is 9.69. The number of pyridine rings is 1. The molecule has 1 amide bonds. The zero-order valence-electron chi connectivity index (χ0n) is 17.0. The minimum absolute atomic E-state index is 0.0388. The van der Waals surface area contributed by atoms with Gasteiger partial charge in [-0.3, -0.25) is 9.78 Å². The highest BCUT2D eigenvalue weighted by molar-refractivity contribution is 7.89. The van der Waals surface area contributed by atoms with Crippen molar-refractivity contribution in [1.82, 2.24) is 14.2 Å². The second kappa shape index (κ2) is 8.92. The van der Waals surface area contributed by atoms with Crippen LogP contribution < -0.4 is 4.74 Å². The third-order valence-electron chi connectivity index (χ3n) is 5.26. The zero-order chi connectivity index (χ0) is 21.0. The van der Waals surface area contributed by atoms with Crippen molar-refractivity contribution in [3.63, 3.8) is 0 Å². The number of amides is 1. The lowest BCUT2D eigenvalue weighted by Crippen LogP contribution is -2.42. The Morgan fingerprint density at radius 3 is 2.62 bits per heavy atom. The molecule has 156 valence electrons. The Kier molecular flexibility index (Phi) is 6.54. The molecule has 2 aromatic rings. The second-order valence-corrected chi connectivity index (χ2v) is 9.20. The number of carbonyl (C=O) groups is 1. The summed E-state index contributed by atoms with van der Waals surface area (Å²) in [7, 11) is -0.641. The van der Waals surface area contributed by atoms with E-state index in [2.05, 4.69) is 4.98 Å². The van der Waals surface area contributed by atoms with Gasteiger partial charge in [-0.15, -0.1) is 0 Å². The molecule has 0 bridgehead atoms. The van der Waals surface area contributed by atoms with Crippen LogP contribution in [0.5, 0.6) is 5.75 Å². The summed E-state index contributed by atoms with van der Waals surface area (Å²) in [6.07, 6.45) is 6.02. The Hall–Kier alpha value is -2.45. The van der Waals surface area contributed by atoms with Crippen LogP contribution in [0.1, 0.15) is 42.1 Å². The first kappa shape index (κ1) is 21.3. The summed E-state index contributed by atoms with van der Waals surface area (Å²) < 4.78 is 33.5. The molecule has 1 fully saturated rings. The predicted octanol–water partition coefficient (Wildman–Crippen LogP) is 2.93. The van der Waals surface area contributed by atoms with Crippen molar-refractivity contribution in [3.8, 4) is 5.75 Å². The zero-order valence-corrected chi connectivity index (χ0v) is 17.9. The molecule has 3 rings (SSSR count). The van der Waals surface area contributed by atoms with Crippen molar-refractivity contribution in [2.24, 2.45) is 0 Å². The molecule has 29 heavy (non-hydrogen) atoms. The summed E-state index contributed by atoms with van der Waals surface area (Å²) in [6.45, 7) is 2.80. The Bertz CT molecular complexity index is 963. The average Bonchev–Trinajstić information content (AvgIpc) is 2.73. The van der Waals surface area contributed by atoms with Gasteiger partial charge >= 0.3 is 0 Å². The Morgan fingerprint density at radius 1 is 1.24 bits per heavy atom. The fourth-order valence-electron chi connectivity index (χ4n) is 3.62. The van der Waals surface area contributed by atoms with Crippen LogP contribution in [-0.4, -0.2) is 55.3 Å². The molecule has 1 saturated heterocycles. The first-order chi connectivity index (χ1) is 13.8. The molecule has 1 unspecified atom stereocenters. The fraction of sp³-hybridized carbons (Fsp3) is 0.429. The highest BCUT2D eigenvalue weighted by Crippen LogP contribution is 2.32. The van der Waals surface area contributed by atoms with E-state index in [1.54, 1.807) is 36.5 Å². The molecule has 0 radical (unpaired) electrons. The van der Waals surface area contributed by atoms with Crippen LogP contribution in [-0.2, 0) is 16.6 Å². The van der Waals surface area contributed by atoms with Crippen molar-refractivity contribution in [2.75, 3.05) is 20.7 Å². The third kappa shape index (κ3) is 4.59. The number of sulfonamides is 1. The van der Waals surface area contributed by atoms with Gasteiger partial charge in [0.15, 0.2) is 0 Å². The topological polar surface area (TPSA) is 79.8 Å². The van der Waals surface area contributed by atoms with Gasteiger partial charge in [-0.1, -0.05) is 6.42 Å². The quantitative estimate of drug-likeness (QED) is 0.722. The summed E-state index contributed by atoms with van der Waals surface area (Å²) in [5, 5.41) is 0. The molecular weight excluding hydrogens is 390 g/mol. The minimum Gasteiger partial charge on any atom is -0.495 e. The maximum Gasteiger partial charge on any atom is 0.253 e. The molecule has 0 spiro atoms. The fourth-order valence-corrected chi connectivity index (χ4v) is 5.50. The number of rotatable bonds is 6. The van der Waals surface area contributed by atoms with E-state index in [4.69, 9.17) is 4.74 Å². The molecule has 1 aliphatic heterocycles. The summed E-state index contributed by atoms with van der Waals surface area (Å²) in [4.78, 5) is 18.5. The van der Waals surface area contributed by atoms with E-state index < -0.39 is 10.0 Å². The number of piperidine rings is 1. The lowest BCUT2D eigenvalue weighted by atomic mass is 10.1. The van der Waals surface area contributed by atoms with Gasteiger partial charge in [0.25, 0.3) is 5.91 Å². The van der Waals surface area contributed by atoms with Crippen LogP contribution >= 0.6 is 0 Å². The van der Waals surface area contributed by atoms with Crippen molar-refractivity contribution in [2.45, 2.75) is 43.7 Å². The van der Waals surface area contributed by atoms with E-state index >= 15 is 0 Å². The molecular formula is C21H27N3O4S. The number of ether oxygens (including phenoxy) is 1. The van der Waals surface area contributed by atoms with Gasteiger partial charge in [0.05, 0.1) is 7.11 Å².